The molecule has 0 heterocycles. The van der Waals surface area contributed by atoms with Gasteiger partial charge in [0.15, 0.2) is 0 Å². The Balaban J connectivity index is 2.13. The predicted molar refractivity (Wildman–Crippen MR) is 96.2 cm³/mol. The molecule has 2 aromatic carbocycles. The summed E-state index contributed by atoms with van der Waals surface area (Å²) < 4.78 is 0. The topological polar surface area (TPSA) is 53.5 Å². The fourth-order valence-corrected chi connectivity index (χ4v) is 2.10. The minimum atomic E-state index is -0.208. The van der Waals surface area contributed by atoms with Gasteiger partial charge < -0.3 is 5.32 Å². The van der Waals surface area contributed by atoms with Crippen molar-refractivity contribution in [2.75, 3.05) is 11.9 Å². The van der Waals surface area contributed by atoms with Crippen molar-refractivity contribution >= 4 is 29.2 Å². The maximum absolute atomic E-state index is 12.3. The van der Waals surface area contributed by atoms with E-state index in [4.69, 9.17) is 11.6 Å². The van der Waals surface area contributed by atoms with Crippen molar-refractivity contribution in [3.8, 4) is 0 Å². The molecule has 2 N–H and O–H groups in total. The summed E-state index contributed by atoms with van der Waals surface area (Å²) in [4.78, 5) is 16.7. The van der Waals surface area contributed by atoms with Crippen LogP contribution in [-0.2, 0) is 0 Å². The van der Waals surface area contributed by atoms with E-state index in [1.807, 2.05) is 36.4 Å². The van der Waals surface area contributed by atoms with Crippen molar-refractivity contribution in [2.24, 2.45) is 4.99 Å². The number of nitrogens with one attached hydrogen (secondary N) is 2. The molecule has 0 bridgehead atoms. The van der Waals surface area contributed by atoms with Crippen LogP contribution in [0.15, 0.2) is 59.6 Å². The molecule has 0 radical (unpaired) electrons. The first-order valence-corrected chi connectivity index (χ1v) is 8.01. The highest BCUT2D eigenvalue weighted by molar-refractivity contribution is 6.33. The van der Waals surface area contributed by atoms with Crippen LogP contribution in [0.4, 0.5) is 5.69 Å². The Morgan fingerprint density at radius 1 is 1.09 bits per heavy atom. The fourth-order valence-electron chi connectivity index (χ4n) is 1.92. The highest BCUT2D eigenvalue weighted by Gasteiger charge is 2.09. The van der Waals surface area contributed by atoms with E-state index in [0.717, 1.165) is 12.8 Å². The molecule has 0 atom stereocenters. The van der Waals surface area contributed by atoms with Gasteiger partial charge in [0.05, 0.1) is 10.7 Å². The first-order chi connectivity index (χ1) is 11.2. The zero-order valence-corrected chi connectivity index (χ0v) is 13.8. The van der Waals surface area contributed by atoms with Crippen LogP contribution in [0.3, 0.4) is 0 Å². The lowest BCUT2D eigenvalue weighted by molar-refractivity contribution is 0.0977. The number of anilines is 1. The molecule has 5 heteroatoms. The molecular formula is C18H20ClN3O. The third-order valence-corrected chi connectivity index (χ3v) is 3.51. The van der Waals surface area contributed by atoms with E-state index in [1.54, 1.807) is 18.2 Å². The SMILES string of the molecule is CCCCN=C(NC(=O)c1ccccc1)Nc1ccccc1Cl. The molecule has 120 valence electrons. The van der Waals surface area contributed by atoms with E-state index in [0.29, 0.717) is 28.8 Å². The van der Waals surface area contributed by atoms with Gasteiger partial charge in [-0.3, -0.25) is 15.1 Å². The van der Waals surface area contributed by atoms with Crippen LogP contribution in [0, 0.1) is 0 Å². The molecule has 23 heavy (non-hydrogen) atoms. The average Bonchev–Trinajstić information content (AvgIpc) is 2.58. The first-order valence-electron chi connectivity index (χ1n) is 7.63. The summed E-state index contributed by atoms with van der Waals surface area (Å²) in [6.07, 6.45) is 1.99. The number of guanidine groups is 1. The lowest BCUT2D eigenvalue weighted by Gasteiger charge is -2.13. The Bertz CT molecular complexity index is 671. The average molecular weight is 330 g/mol. The summed E-state index contributed by atoms with van der Waals surface area (Å²) in [6, 6.07) is 16.4. The molecule has 2 aromatic rings. The fraction of sp³-hybridized carbons (Fsp3) is 0.222. The Labute approximate surface area is 141 Å². The van der Waals surface area contributed by atoms with Gasteiger partial charge >= 0.3 is 0 Å². The van der Waals surface area contributed by atoms with Gasteiger partial charge in [-0.15, -0.1) is 0 Å². The number of hydrogen-bond acceptors (Lipinski definition) is 2. The Morgan fingerprint density at radius 2 is 1.78 bits per heavy atom. The molecule has 0 aliphatic carbocycles. The smallest absolute Gasteiger partial charge is 0.257 e. The summed E-state index contributed by atoms with van der Waals surface area (Å²) in [5.41, 5.74) is 1.29. The van der Waals surface area contributed by atoms with Crippen LogP contribution < -0.4 is 10.6 Å². The second kappa shape index (κ2) is 8.96. The zero-order valence-electron chi connectivity index (χ0n) is 13.1. The maximum atomic E-state index is 12.3. The van der Waals surface area contributed by atoms with E-state index < -0.39 is 0 Å². The van der Waals surface area contributed by atoms with Gasteiger partial charge in [0.25, 0.3) is 5.91 Å². The quantitative estimate of drug-likeness (QED) is 0.487. The van der Waals surface area contributed by atoms with E-state index in [2.05, 4.69) is 22.5 Å². The van der Waals surface area contributed by atoms with Crippen molar-refractivity contribution in [1.29, 1.82) is 0 Å². The highest BCUT2D eigenvalue weighted by atomic mass is 35.5. The van der Waals surface area contributed by atoms with Crippen LogP contribution in [0.1, 0.15) is 30.1 Å². The number of halogens is 1. The van der Waals surface area contributed by atoms with Crippen molar-refractivity contribution in [3.63, 3.8) is 0 Å². The summed E-state index contributed by atoms with van der Waals surface area (Å²) in [5.74, 6) is 0.195. The standard InChI is InChI=1S/C18H20ClN3O/c1-2-3-13-20-18(21-16-12-8-7-11-15(16)19)22-17(23)14-9-5-4-6-10-14/h4-12H,2-3,13H2,1H3,(H2,20,21,22,23). The number of amides is 1. The summed E-state index contributed by atoms with van der Waals surface area (Å²) in [7, 11) is 0. The minimum absolute atomic E-state index is 0.208. The number of rotatable bonds is 5. The minimum Gasteiger partial charge on any atom is -0.325 e. The summed E-state index contributed by atoms with van der Waals surface area (Å²) in [6.45, 7) is 2.73. The second-order valence-corrected chi connectivity index (χ2v) is 5.42. The molecule has 0 spiro atoms. The third kappa shape index (κ3) is 5.42. The van der Waals surface area contributed by atoms with Crippen molar-refractivity contribution in [2.45, 2.75) is 19.8 Å². The highest BCUT2D eigenvalue weighted by Crippen LogP contribution is 2.20. The van der Waals surface area contributed by atoms with Crippen LogP contribution in [-0.4, -0.2) is 18.4 Å². The van der Waals surface area contributed by atoms with Gasteiger partial charge in [0, 0.05) is 12.1 Å². The van der Waals surface area contributed by atoms with E-state index in [-0.39, 0.29) is 5.91 Å². The number of unbranched alkanes of at least 4 members (excludes halogenated alkanes) is 1. The third-order valence-electron chi connectivity index (χ3n) is 3.18. The van der Waals surface area contributed by atoms with Crippen LogP contribution in [0.2, 0.25) is 5.02 Å². The number of para-hydroxylation sites is 1. The number of carbonyl (C=O) groups is 1. The number of nitrogens with zero attached hydrogens (tertiary/aromatic N) is 1. The monoisotopic (exact) mass is 329 g/mol. The Morgan fingerprint density at radius 3 is 2.48 bits per heavy atom. The van der Waals surface area contributed by atoms with Gasteiger partial charge in [-0.05, 0) is 30.7 Å². The lowest BCUT2D eigenvalue weighted by atomic mass is 10.2. The molecule has 2 rings (SSSR count). The predicted octanol–water partition coefficient (Wildman–Crippen LogP) is 4.34. The van der Waals surface area contributed by atoms with Gasteiger partial charge in [0.1, 0.15) is 0 Å². The molecular weight excluding hydrogens is 310 g/mol. The van der Waals surface area contributed by atoms with Crippen molar-refractivity contribution in [1.82, 2.24) is 5.32 Å². The molecule has 0 saturated carbocycles. The van der Waals surface area contributed by atoms with Gasteiger partial charge in [-0.25, -0.2) is 0 Å². The Hall–Kier alpha value is -2.33. The molecule has 0 fully saturated rings. The molecule has 0 aliphatic heterocycles. The number of aliphatic imine (C=N–C) groups is 1. The summed E-state index contributed by atoms with van der Waals surface area (Å²) >= 11 is 6.15. The van der Waals surface area contributed by atoms with Crippen LogP contribution >= 0.6 is 11.6 Å². The first kappa shape index (κ1) is 17.0. The molecule has 1 amide bonds. The molecule has 0 aliphatic rings. The van der Waals surface area contributed by atoms with Crippen LogP contribution in [0.25, 0.3) is 0 Å². The van der Waals surface area contributed by atoms with E-state index >= 15 is 0 Å². The normalized spacial score (nSPS) is 11.1. The largest absolute Gasteiger partial charge is 0.325 e. The van der Waals surface area contributed by atoms with Gasteiger partial charge in [0.2, 0.25) is 5.96 Å². The van der Waals surface area contributed by atoms with Crippen LogP contribution in [0.5, 0.6) is 0 Å². The van der Waals surface area contributed by atoms with Crippen molar-refractivity contribution < 1.29 is 4.79 Å². The zero-order chi connectivity index (χ0) is 16.5. The van der Waals surface area contributed by atoms with Gasteiger partial charge in [-0.2, -0.15) is 0 Å². The van der Waals surface area contributed by atoms with Crippen molar-refractivity contribution in [3.05, 3.63) is 65.2 Å². The number of hydrogen-bond donors (Lipinski definition) is 2. The summed E-state index contributed by atoms with van der Waals surface area (Å²) in [5, 5.41) is 6.48. The van der Waals surface area contributed by atoms with E-state index in [9.17, 15) is 4.79 Å². The van der Waals surface area contributed by atoms with E-state index in [1.165, 1.54) is 0 Å². The molecule has 0 saturated heterocycles. The number of benzene rings is 2. The molecule has 0 aromatic heterocycles. The molecule has 4 nitrogen and oxygen atoms in total. The Kier molecular flexibility index (Phi) is 6.63. The number of carbonyl (C=O) groups excluding carboxylic acids is 1. The maximum Gasteiger partial charge on any atom is 0.257 e. The van der Waals surface area contributed by atoms with Gasteiger partial charge in [-0.1, -0.05) is 55.3 Å². The molecule has 0 unspecified atom stereocenters. The second-order valence-electron chi connectivity index (χ2n) is 5.01. The lowest BCUT2D eigenvalue weighted by Crippen LogP contribution is -2.36.